The number of rotatable bonds is 2. The van der Waals surface area contributed by atoms with Crippen molar-refractivity contribution < 1.29 is 9.90 Å². The van der Waals surface area contributed by atoms with Crippen molar-refractivity contribution in [3.63, 3.8) is 0 Å². The van der Waals surface area contributed by atoms with Crippen molar-refractivity contribution >= 4 is 22.7 Å². The highest BCUT2D eigenvalue weighted by Crippen LogP contribution is 2.24. The van der Waals surface area contributed by atoms with E-state index in [1.165, 1.54) is 0 Å². The molecule has 100 valence electrons. The summed E-state index contributed by atoms with van der Waals surface area (Å²) in [5.41, 5.74) is 9.48. The average molecular weight is 267 g/mol. The molecule has 3 N–H and O–H groups in total. The molecular formula is C15H13N3O2. The third-order valence-electron chi connectivity index (χ3n) is 3.33. The molecule has 0 bridgehead atoms. The Hall–Kier alpha value is -2.82. The summed E-state index contributed by atoms with van der Waals surface area (Å²) in [6.45, 7) is 1.80. The number of aromatic carboxylic acids is 1. The molecule has 1 aromatic heterocycles. The highest BCUT2D eigenvalue weighted by molar-refractivity contribution is 5.95. The molecule has 2 aromatic carbocycles. The summed E-state index contributed by atoms with van der Waals surface area (Å²) in [4.78, 5) is 15.6. The average Bonchev–Trinajstić information content (AvgIpc) is 2.85. The molecule has 0 radical (unpaired) electrons. The second kappa shape index (κ2) is 4.38. The molecule has 0 atom stereocenters. The Morgan fingerprint density at radius 3 is 2.80 bits per heavy atom. The predicted molar refractivity (Wildman–Crippen MR) is 77.2 cm³/mol. The maximum atomic E-state index is 11.3. The molecule has 0 aliphatic heterocycles. The number of carboxylic acid groups (broad SMARTS) is 1. The summed E-state index contributed by atoms with van der Waals surface area (Å²) >= 11 is 0. The van der Waals surface area contributed by atoms with Gasteiger partial charge in [-0.3, -0.25) is 4.57 Å². The quantitative estimate of drug-likeness (QED) is 0.699. The number of fused-ring (bicyclic) bond motifs is 1. The Bertz CT molecular complexity index is 821. The Labute approximate surface area is 115 Å². The number of nitrogen functional groups attached to an aromatic ring is 1. The van der Waals surface area contributed by atoms with E-state index in [1.807, 2.05) is 34.9 Å². The first-order valence-corrected chi connectivity index (χ1v) is 6.14. The van der Waals surface area contributed by atoms with Crippen LogP contribution in [0.3, 0.4) is 0 Å². The van der Waals surface area contributed by atoms with E-state index in [0.29, 0.717) is 5.69 Å². The van der Waals surface area contributed by atoms with Gasteiger partial charge in [0.05, 0.1) is 16.6 Å². The summed E-state index contributed by atoms with van der Waals surface area (Å²) in [7, 11) is 0. The van der Waals surface area contributed by atoms with Crippen LogP contribution in [0, 0.1) is 6.92 Å². The molecule has 5 nitrogen and oxygen atoms in total. The zero-order valence-corrected chi connectivity index (χ0v) is 10.9. The topological polar surface area (TPSA) is 81.1 Å². The highest BCUT2D eigenvalue weighted by atomic mass is 16.4. The molecule has 0 saturated heterocycles. The fourth-order valence-electron chi connectivity index (χ4n) is 2.26. The normalized spacial score (nSPS) is 10.8. The van der Waals surface area contributed by atoms with Crippen LogP contribution in [-0.2, 0) is 0 Å². The minimum atomic E-state index is -1.03. The zero-order chi connectivity index (χ0) is 14.3. The lowest BCUT2D eigenvalue weighted by Gasteiger charge is -2.10. The SMILES string of the molecule is Cc1cc(-n2cnc3ccccc32)cc(C(=O)O)c1N. The number of benzene rings is 2. The van der Waals surface area contributed by atoms with Crippen LogP contribution in [0.2, 0.25) is 0 Å². The van der Waals surface area contributed by atoms with Gasteiger partial charge in [0.2, 0.25) is 0 Å². The van der Waals surface area contributed by atoms with Gasteiger partial charge in [0, 0.05) is 11.4 Å². The lowest BCUT2D eigenvalue weighted by Crippen LogP contribution is -2.06. The third-order valence-corrected chi connectivity index (χ3v) is 3.33. The third kappa shape index (κ3) is 1.80. The van der Waals surface area contributed by atoms with Gasteiger partial charge in [0.15, 0.2) is 0 Å². The van der Waals surface area contributed by atoms with Gasteiger partial charge in [-0.2, -0.15) is 0 Å². The molecule has 0 aliphatic carbocycles. The van der Waals surface area contributed by atoms with Crippen molar-refractivity contribution in [2.45, 2.75) is 6.92 Å². The van der Waals surface area contributed by atoms with Crippen LogP contribution >= 0.6 is 0 Å². The number of imidazole rings is 1. The molecule has 3 rings (SSSR count). The maximum Gasteiger partial charge on any atom is 0.337 e. The van der Waals surface area contributed by atoms with Gasteiger partial charge < -0.3 is 10.8 Å². The van der Waals surface area contributed by atoms with Crippen LogP contribution in [0.5, 0.6) is 0 Å². The van der Waals surface area contributed by atoms with Crippen molar-refractivity contribution in [2.75, 3.05) is 5.73 Å². The second-order valence-corrected chi connectivity index (χ2v) is 4.63. The van der Waals surface area contributed by atoms with E-state index in [4.69, 9.17) is 5.73 Å². The van der Waals surface area contributed by atoms with Crippen LogP contribution in [0.25, 0.3) is 16.7 Å². The summed E-state index contributed by atoms with van der Waals surface area (Å²) in [5.74, 6) is -1.03. The monoisotopic (exact) mass is 267 g/mol. The van der Waals surface area contributed by atoms with E-state index in [1.54, 1.807) is 19.3 Å². The standard InChI is InChI=1S/C15H13N3O2/c1-9-6-10(7-11(14(9)16)15(19)20)18-8-17-12-4-2-3-5-13(12)18/h2-8H,16H2,1H3,(H,19,20). The van der Waals surface area contributed by atoms with E-state index in [9.17, 15) is 9.90 Å². The molecular weight excluding hydrogens is 254 g/mol. The van der Waals surface area contributed by atoms with Gasteiger partial charge in [-0.15, -0.1) is 0 Å². The Balaban J connectivity index is 2.27. The van der Waals surface area contributed by atoms with Crippen molar-refractivity contribution in [3.8, 4) is 5.69 Å². The van der Waals surface area contributed by atoms with Gasteiger partial charge in [-0.25, -0.2) is 9.78 Å². The first-order valence-electron chi connectivity index (χ1n) is 6.14. The lowest BCUT2D eigenvalue weighted by atomic mass is 10.1. The fourth-order valence-corrected chi connectivity index (χ4v) is 2.26. The predicted octanol–water partition coefficient (Wildman–Crippen LogP) is 2.61. The summed E-state index contributed by atoms with van der Waals surface area (Å²) in [6, 6.07) is 11.1. The number of carboxylic acids is 1. The van der Waals surface area contributed by atoms with E-state index in [2.05, 4.69) is 4.98 Å². The van der Waals surface area contributed by atoms with Crippen molar-refractivity contribution in [1.29, 1.82) is 0 Å². The second-order valence-electron chi connectivity index (χ2n) is 4.63. The van der Waals surface area contributed by atoms with Gasteiger partial charge in [0.25, 0.3) is 0 Å². The molecule has 0 unspecified atom stereocenters. The Kier molecular flexibility index (Phi) is 2.68. The highest BCUT2D eigenvalue weighted by Gasteiger charge is 2.13. The largest absolute Gasteiger partial charge is 0.478 e. The maximum absolute atomic E-state index is 11.3. The minimum absolute atomic E-state index is 0.109. The summed E-state index contributed by atoms with van der Waals surface area (Å²) < 4.78 is 1.86. The van der Waals surface area contributed by atoms with Crippen LogP contribution in [0.4, 0.5) is 5.69 Å². The number of nitrogens with zero attached hydrogens (tertiary/aromatic N) is 2. The van der Waals surface area contributed by atoms with E-state index in [0.717, 1.165) is 22.3 Å². The van der Waals surface area contributed by atoms with Crippen LogP contribution in [0.15, 0.2) is 42.7 Å². The molecule has 1 heterocycles. The lowest BCUT2D eigenvalue weighted by molar-refractivity contribution is 0.0698. The van der Waals surface area contributed by atoms with E-state index >= 15 is 0 Å². The molecule has 0 spiro atoms. The number of hydrogen-bond acceptors (Lipinski definition) is 3. The van der Waals surface area contributed by atoms with Crippen LogP contribution in [0.1, 0.15) is 15.9 Å². The minimum Gasteiger partial charge on any atom is -0.478 e. The number of anilines is 1. The molecule has 5 heteroatoms. The summed E-state index contributed by atoms with van der Waals surface area (Å²) in [6.07, 6.45) is 1.68. The number of carbonyl (C=O) groups is 1. The van der Waals surface area contributed by atoms with Crippen LogP contribution < -0.4 is 5.73 Å². The molecule has 20 heavy (non-hydrogen) atoms. The van der Waals surface area contributed by atoms with Crippen LogP contribution in [-0.4, -0.2) is 20.6 Å². The van der Waals surface area contributed by atoms with Crippen molar-refractivity contribution in [1.82, 2.24) is 9.55 Å². The molecule has 0 fully saturated rings. The number of aromatic nitrogens is 2. The smallest absolute Gasteiger partial charge is 0.337 e. The summed E-state index contributed by atoms with van der Waals surface area (Å²) in [5, 5.41) is 9.22. The fraction of sp³-hybridized carbons (Fsp3) is 0.0667. The Morgan fingerprint density at radius 1 is 1.30 bits per heavy atom. The molecule has 0 saturated carbocycles. The molecule has 0 amide bonds. The van der Waals surface area contributed by atoms with Gasteiger partial charge >= 0.3 is 5.97 Å². The number of hydrogen-bond donors (Lipinski definition) is 2. The molecule has 0 aliphatic rings. The van der Waals surface area contributed by atoms with Gasteiger partial charge in [-0.05, 0) is 36.8 Å². The van der Waals surface area contributed by atoms with Gasteiger partial charge in [0.1, 0.15) is 6.33 Å². The number of para-hydroxylation sites is 2. The zero-order valence-electron chi connectivity index (χ0n) is 10.9. The number of aryl methyl sites for hydroxylation is 1. The van der Waals surface area contributed by atoms with E-state index < -0.39 is 5.97 Å². The Morgan fingerprint density at radius 2 is 2.05 bits per heavy atom. The number of nitrogens with two attached hydrogens (primary N) is 1. The van der Waals surface area contributed by atoms with E-state index in [-0.39, 0.29) is 5.56 Å². The first kappa shape index (κ1) is 12.2. The molecule has 3 aromatic rings. The van der Waals surface area contributed by atoms with Gasteiger partial charge in [-0.1, -0.05) is 12.1 Å². The van der Waals surface area contributed by atoms with Crippen molar-refractivity contribution in [2.24, 2.45) is 0 Å². The first-order chi connectivity index (χ1) is 9.58. The van der Waals surface area contributed by atoms with Crippen molar-refractivity contribution in [3.05, 3.63) is 53.9 Å².